The zero-order valence-corrected chi connectivity index (χ0v) is 17.5. The molecule has 1 fully saturated rings. The highest BCUT2D eigenvalue weighted by Crippen LogP contribution is 2.26. The van der Waals surface area contributed by atoms with Crippen molar-refractivity contribution in [1.29, 1.82) is 0 Å². The molecule has 1 aliphatic rings. The van der Waals surface area contributed by atoms with Gasteiger partial charge in [-0.05, 0) is 55.3 Å². The molecule has 1 heterocycles. The van der Waals surface area contributed by atoms with E-state index in [1.165, 1.54) is 22.5 Å². The first-order valence-electron chi connectivity index (χ1n) is 9.36. The fourth-order valence-corrected chi connectivity index (χ4v) is 4.83. The van der Waals surface area contributed by atoms with Gasteiger partial charge in [-0.1, -0.05) is 30.7 Å². The quantitative estimate of drug-likeness (QED) is 0.658. The number of hydrogen-bond donors (Lipinski definition) is 1. The lowest BCUT2D eigenvalue weighted by molar-refractivity contribution is 0.102. The van der Waals surface area contributed by atoms with Crippen LogP contribution in [0.15, 0.2) is 60.0 Å². The summed E-state index contributed by atoms with van der Waals surface area (Å²) in [6.45, 7) is 4.96. The van der Waals surface area contributed by atoms with Crippen LogP contribution in [0.25, 0.3) is 0 Å². The van der Waals surface area contributed by atoms with Crippen LogP contribution in [0.2, 0.25) is 5.02 Å². The third-order valence-electron chi connectivity index (χ3n) is 4.62. The van der Waals surface area contributed by atoms with Gasteiger partial charge in [0.05, 0.1) is 15.5 Å². The lowest BCUT2D eigenvalue weighted by Gasteiger charge is -2.26. The minimum Gasteiger partial charge on any atom is -0.490 e. The molecule has 0 aliphatic carbocycles. The first kappa shape index (κ1) is 21.4. The van der Waals surface area contributed by atoms with Crippen LogP contribution in [0.1, 0.15) is 29.6 Å². The predicted octanol–water partition coefficient (Wildman–Crippen LogP) is 4.33. The smallest absolute Gasteiger partial charge is 0.257 e. The average Bonchev–Trinajstić information content (AvgIpc) is 2.74. The Bertz CT molecular complexity index is 984. The van der Waals surface area contributed by atoms with E-state index in [0.29, 0.717) is 31.1 Å². The van der Waals surface area contributed by atoms with Crippen molar-refractivity contribution >= 4 is 33.2 Å². The molecule has 0 atom stereocenters. The van der Waals surface area contributed by atoms with Crippen molar-refractivity contribution < 1.29 is 17.9 Å². The number of ether oxygens (including phenoxy) is 1. The Hall–Kier alpha value is -2.35. The molecule has 1 amide bonds. The van der Waals surface area contributed by atoms with Crippen LogP contribution in [0.5, 0.6) is 5.75 Å². The number of amides is 1. The highest BCUT2D eigenvalue weighted by molar-refractivity contribution is 7.89. The highest BCUT2D eigenvalue weighted by Gasteiger charge is 2.27. The second-order valence-electron chi connectivity index (χ2n) is 6.68. The van der Waals surface area contributed by atoms with Gasteiger partial charge in [0, 0.05) is 18.8 Å². The molecule has 8 heteroatoms. The summed E-state index contributed by atoms with van der Waals surface area (Å²) in [6, 6.07) is 11.0. The van der Waals surface area contributed by atoms with Crippen LogP contribution in [0.3, 0.4) is 0 Å². The van der Waals surface area contributed by atoms with Crippen LogP contribution in [0.4, 0.5) is 5.69 Å². The molecule has 0 unspecified atom stereocenters. The number of hydrogen-bond acceptors (Lipinski definition) is 4. The normalized spacial score (nSPS) is 14.9. The number of carbonyl (C=O) groups excluding carboxylic acids is 1. The second-order valence-corrected chi connectivity index (χ2v) is 9.03. The van der Waals surface area contributed by atoms with Crippen LogP contribution >= 0.6 is 11.6 Å². The number of carbonyl (C=O) groups is 1. The summed E-state index contributed by atoms with van der Waals surface area (Å²) in [5.41, 5.74) is 0.651. The third kappa shape index (κ3) is 5.18. The fraction of sp³-hybridized carbons (Fsp3) is 0.286. The molecule has 3 rings (SSSR count). The lowest BCUT2D eigenvalue weighted by atomic mass is 10.2. The van der Waals surface area contributed by atoms with E-state index < -0.39 is 15.9 Å². The standard InChI is InChI=1S/C21H23ClN2O4S/c1-2-14-28-17-8-6-16(7-9-17)23-21(25)19-15-18(10-11-20(19)22)29(26,27)24-12-4-3-5-13-24/h2,6-11,15H,1,3-5,12-14H2,(H,23,25). The molecule has 0 aromatic heterocycles. The van der Waals surface area contributed by atoms with Crippen LogP contribution in [-0.4, -0.2) is 38.3 Å². The molecule has 1 N–H and O–H groups in total. The Labute approximate surface area is 176 Å². The summed E-state index contributed by atoms with van der Waals surface area (Å²) in [5.74, 6) is 0.168. The first-order valence-corrected chi connectivity index (χ1v) is 11.2. The van der Waals surface area contributed by atoms with Gasteiger partial charge < -0.3 is 10.1 Å². The van der Waals surface area contributed by atoms with E-state index >= 15 is 0 Å². The maximum Gasteiger partial charge on any atom is 0.257 e. The molecule has 1 saturated heterocycles. The molecule has 2 aromatic rings. The van der Waals surface area contributed by atoms with Gasteiger partial charge in [-0.3, -0.25) is 4.79 Å². The number of nitrogens with zero attached hydrogens (tertiary/aromatic N) is 1. The minimum absolute atomic E-state index is 0.0714. The topological polar surface area (TPSA) is 75.7 Å². The summed E-state index contributed by atoms with van der Waals surface area (Å²) in [6.07, 6.45) is 4.35. The molecule has 2 aromatic carbocycles. The van der Waals surface area contributed by atoms with Crippen molar-refractivity contribution in [3.05, 3.63) is 65.7 Å². The summed E-state index contributed by atoms with van der Waals surface area (Å²) < 4.78 is 32.6. The Morgan fingerprint density at radius 2 is 1.83 bits per heavy atom. The van der Waals surface area contributed by atoms with Gasteiger partial charge >= 0.3 is 0 Å². The fourth-order valence-electron chi connectivity index (χ4n) is 3.08. The van der Waals surface area contributed by atoms with Crippen molar-refractivity contribution in [2.75, 3.05) is 25.0 Å². The number of anilines is 1. The summed E-state index contributed by atoms with van der Waals surface area (Å²) in [4.78, 5) is 12.8. The number of piperidine rings is 1. The molecule has 0 radical (unpaired) electrons. The Morgan fingerprint density at radius 3 is 2.48 bits per heavy atom. The molecular weight excluding hydrogens is 412 g/mol. The Kier molecular flexibility index (Phi) is 6.95. The lowest BCUT2D eigenvalue weighted by Crippen LogP contribution is -2.35. The molecule has 0 bridgehead atoms. The number of rotatable bonds is 7. The zero-order chi connectivity index (χ0) is 20.9. The molecular formula is C21H23ClN2O4S. The van der Waals surface area contributed by atoms with Gasteiger partial charge in [0.2, 0.25) is 10.0 Å². The van der Waals surface area contributed by atoms with Crippen LogP contribution in [0, 0.1) is 0 Å². The minimum atomic E-state index is -3.65. The monoisotopic (exact) mass is 434 g/mol. The second kappa shape index (κ2) is 9.43. The van der Waals surface area contributed by atoms with Crippen molar-refractivity contribution in [3.63, 3.8) is 0 Å². The van der Waals surface area contributed by atoms with Crippen molar-refractivity contribution in [2.45, 2.75) is 24.2 Å². The van der Waals surface area contributed by atoms with Crippen LogP contribution < -0.4 is 10.1 Å². The summed E-state index contributed by atoms with van der Waals surface area (Å²) >= 11 is 6.18. The van der Waals surface area contributed by atoms with Crippen molar-refractivity contribution in [3.8, 4) is 5.75 Å². The van der Waals surface area contributed by atoms with E-state index in [-0.39, 0.29) is 15.5 Å². The number of halogens is 1. The SMILES string of the molecule is C=CCOc1ccc(NC(=O)c2cc(S(=O)(=O)N3CCCCC3)ccc2Cl)cc1. The van der Waals surface area contributed by atoms with E-state index in [1.807, 2.05) is 0 Å². The molecule has 29 heavy (non-hydrogen) atoms. The summed E-state index contributed by atoms with van der Waals surface area (Å²) in [7, 11) is -3.65. The average molecular weight is 435 g/mol. The largest absolute Gasteiger partial charge is 0.490 e. The van der Waals surface area contributed by atoms with Gasteiger partial charge in [-0.2, -0.15) is 4.31 Å². The van der Waals surface area contributed by atoms with E-state index in [9.17, 15) is 13.2 Å². The molecule has 1 aliphatic heterocycles. The van der Waals surface area contributed by atoms with Gasteiger partial charge in [0.1, 0.15) is 12.4 Å². The zero-order valence-electron chi connectivity index (χ0n) is 15.9. The first-order chi connectivity index (χ1) is 13.9. The third-order valence-corrected chi connectivity index (χ3v) is 6.84. The summed E-state index contributed by atoms with van der Waals surface area (Å²) in [5, 5.41) is 2.92. The van der Waals surface area contributed by atoms with E-state index in [1.54, 1.807) is 30.3 Å². The number of benzene rings is 2. The van der Waals surface area contributed by atoms with Crippen molar-refractivity contribution in [2.24, 2.45) is 0 Å². The van der Waals surface area contributed by atoms with Gasteiger partial charge in [0.25, 0.3) is 5.91 Å². The number of sulfonamides is 1. The van der Waals surface area contributed by atoms with E-state index in [2.05, 4.69) is 11.9 Å². The predicted molar refractivity (Wildman–Crippen MR) is 114 cm³/mol. The maximum absolute atomic E-state index is 12.9. The maximum atomic E-state index is 12.9. The molecule has 0 saturated carbocycles. The van der Waals surface area contributed by atoms with Gasteiger partial charge in [0.15, 0.2) is 0 Å². The van der Waals surface area contributed by atoms with Gasteiger partial charge in [-0.25, -0.2) is 8.42 Å². The Morgan fingerprint density at radius 1 is 1.14 bits per heavy atom. The van der Waals surface area contributed by atoms with E-state index in [0.717, 1.165) is 19.3 Å². The molecule has 6 nitrogen and oxygen atoms in total. The molecule has 154 valence electrons. The van der Waals surface area contributed by atoms with Crippen LogP contribution in [-0.2, 0) is 10.0 Å². The molecule has 0 spiro atoms. The Balaban J connectivity index is 1.78. The van der Waals surface area contributed by atoms with Crippen molar-refractivity contribution in [1.82, 2.24) is 4.31 Å². The number of nitrogens with one attached hydrogen (secondary N) is 1. The highest BCUT2D eigenvalue weighted by atomic mass is 35.5. The van der Waals surface area contributed by atoms with E-state index in [4.69, 9.17) is 16.3 Å². The van der Waals surface area contributed by atoms with Gasteiger partial charge in [-0.15, -0.1) is 0 Å².